The fraction of sp³-hybridized carbons (Fsp3) is 0.949. The average Bonchev–Trinajstić information content (AvgIpc) is 3.78. The molecule has 582 valence electrons. The van der Waals surface area contributed by atoms with E-state index in [1.54, 1.807) is 0 Å². The summed E-state index contributed by atoms with van der Waals surface area (Å²) >= 11 is 0. The van der Waals surface area contributed by atoms with E-state index in [1.807, 2.05) is 0 Å². The molecule has 0 heterocycles. The molecular weight excluding hydrogens is 1280 g/mol. The maximum Gasteiger partial charge on any atom is 0.472 e. The number of hydrogen-bond acceptors (Lipinski definition) is 15. The largest absolute Gasteiger partial charge is 0.472 e. The van der Waals surface area contributed by atoms with Crippen LogP contribution in [0.15, 0.2) is 0 Å². The zero-order chi connectivity index (χ0) is 72.1. The van der Waals surface area contributed by atoms with Crippen LogP contribution < -0.4 is 0 Å². The molecule has 3 N–H and O–H groups in total. The summed E-state index contributed by atoms with van der Waals surface area (Å²) in [5.74, 6) is -0.743. The molecule has 0 saturated carbocycles. The highest BCUT2D eigenvalue weighted by molar-refractivity contribution is 7.47. The number of carbonyl (C=O) groups excluding carboxylic acids is 4. The second-order valence-corrected chi connectivity index (χ2v) is 32.3. The summed E-state index contributed by atoms with van der Waals surface area (Å²) in [5.41, 5.74) is 0. The Morgan fingerprint density at radius 1 is 0.276 bits per heavy atom. The fourth-order valence-corrected chi connectivity index (χ4v) is 13.8. The third-order valence-electron chi connectivity index (χ3n) is 18.5. The highest BCUT2D eigenvalue weighted by atomic mass is 31.2. The molecule has 2 unspecified atom stereocenters. The Hall–Kier alpha value is -1.94. The molecule has 0 spiro atoms. The van der Waals surface area contributed by atoms with Crippen molar-refractivity contribution in [1.82, 2.24) is 0 Å². The van der Waals surface area contributed by atoms with Gasteiger partial charge in [0.2, 0.25) is 0 Å². The van der Waals surface area contributed by atoms with Crippen LogP contribution in [0.1, 0.15) is 414 Å². The Kier molecular flexibility index (Phi) is 69.3. The normalized spacial score (nSPS) is 13.9. The topological polar surface area (TPSA) is 237 Å². The molecule has 0 rings (SSSR count). The Bertz CT molecular complexity index is 1890. The standard InChI is InChI=1S/C79H154O17P2/c1-7-9-11-13-15-17-19-21-23-25-26-27-28-29-31-33-35-37-39-43-51-57-63-78(83)95-74(67-89-76(81)61-55-49-42-38-36-34-32-30-24-22-20-18-16-14-12-10-8-2)69-93-97(85,86)91-65-73(80)66-92-98(87,88)94-70-75(68-90-77(82)62-56-50-46-45-48-54-60-72(5)6)96-79(84)64-58-52-44-40-41-47-53-59-71(3)4/h71-75,80H,7-70H2,1-6H3,(H,85,86)(H,87,88)/t73-,74-,75-/m1/s1. The fourth-order valence-electron chi connectivity index (χ4n) is 12.2. The molecular formula is C79H154O17P2. The minimum Gasteiger partial charge on any atom is -0.462 e. The lowest BCUT2D eigenvalue weighted by molar-refractivity contribution is -0.161. The number of carbonyl (C=O) groups is 4. The maximum absolute atomic E-state index is 13.1. The Labute approximate surface area is 600 Å². The number of rotatable bonds is 78. The first-order valence-electron chi connectivity index (χ1n) is 41.0. The summed E-state index contributed by atoms with van der Waals surface area (Å²) in [6.07, 6.45) is 60.2. The summed E-state index contributed by atoms with van der Waals surface area (Å²) in [6.45, 7) is 9.46. The molecule has 0 aliphatic carbocycles. The minimum atomic E-state index is -4.96. The van der Waals surface area contributed by atoms with Crippen molar-refractivity contribution in [2.75, 3.05) is 39.6 Å². The first-order valence-corrected chi connectivity index (χ1v) is 44.0. The van der Waals surface area contributed by atoms with Crippen LogP contribution in [0.2, 0.25) is 0 Å². The van der Waals surface area contributed by atoms with Gasteiger partial charge in [0, 0.05) is 25.7 Å². The smallest absolute Gasteiger partial charge is 0.462 e. The summed E-state index contributed by atoms with van der Waals surface area (Å²) in [6, 6.07) is 0. The maximum atomic E-state index is 13.1. The molecule has 0 aromatic rings. The molecule has 0 aliphatic heterocycles. The predicted octanol–water partition coefficient (Wildman–Crippen LogP) is 23.5. The number of ether oxygens (including phenoxy) is 4. The quantitative estimate of drug-likeness (QED) is 0.0222. The van der Waals surface area contributed by atoms with Crippen LogP contribution in [-0.2, 0) is 65.4 Å². The lowest BCUT2D eigenvalue weighted by Crippen LogP contribution is -2.30. The summed E-state index contributed by atoms with van der Waals surface area (Å²) in [4.78, 5) is 72.8. The molecule has 0 amide bonds. The van der Waals surface area contributed by atoms with Gasteiger partial charge in [-0.1, -0.05) is 363 Å². The number of aliphatic hydroxyl groups excluding tert-OH is 1. The van der Waals surface area contributed by atoms with Gasteiger partial charge in [0.25, 0.3) is 0 Å². The number of aliphatic hydroxyl groups is 1. The highest BCUT2D eigenvalue weighted by Gasteiger charge is 2.30. The first-order chi connectivity index (χ1) is 47.4. The number of unbranched alkanes of at least 4 members (excludes halogenated alkanes) is 48. The number of hydrogen-bond donors (Lipinski definition) is 3. The molecule has 19 heteroatoms. The van der Waals surface area contributed by atoms with Crippen molar-refractivity contribution >= 4 is 39.5 Å². The van der Waals surface area contributed by atoms with E-state index in [1.165, 1.54) is 225 Å². The van der Waals surface area contributed by atoms with Crippen LogP contribution >= 0.6 is 15.6 Å². The van der Waals surface area contributed by atoms with Crippen molar-refractivity contribution in [1.29, 1.82) is 0 Å². The van der Waals surface area contributed by atoms with Gasteiger partial charge in [0.1, 0.15) is 19.3 Å². The molecule has 0 saturated heterocycles. The average molecular weight is 1440 g/mol. The second kappa shape index (κ2) is 70.7. The molecule has 98 heavy (non-hydrogen) atoms. The lowest BCUT2D eigenvalue weighted by atomic mass is 10.0. The molecule has 0 bridgehead atoms. The van der Waals surface area contributed by atoms with Gasteiger partial charge in [-0.15, -0.1) is 0 Å². The molecule has 0 aromatic heterocycles. The van der Waals surface area contributed by atoms with E-state index in [4.69, 9.17) is 37.0 Å². The van der Waals surface area contributed by atoms with Gasteiger partial charge < -0.3 is 33.8 Å². The zero-order valence-corrected chi connectivity index (χ0v) is 65.9. The number of esters is 4. The molecule has 17 nitrogen and oxygen atoms in total. The predicted molar refractivity (Wildman–Crippen MR) is 400 cm³/mol. The van der Waals surface area contributed by atoms with Crippen LogP contribution in [0.3, 0.4) is 0 Å². The van der Waals surface area contributed by atoms with Crippen molar-refractivity contribution < 1.29 is 80.2 Å². The Morgan fingerprint density at radius 3 is 0.694 bits per heavy atom. The van der Waals surface area contributed by atoms with E-state index in [0.717, 1.165) is 96.3 Å². The molecule has 0 radical (unpaired) electrons. The monoisotopic (exact) mass is 1440 g/mol. The Balaban J connectivity index is 5.17. The Morgan fingerprint density at radius 2 is 0.469 bits per heavy atom. The van der Waals surface area contributed by atoms with Gasteiger partial charge in [-0.2, -0.15) is 0 Å². The third-order valence-corrected chi connectivity index (χ3v) is 20.4. The van der Waals surface area contributed by atoms with E-state index >= 15 is 0 Å². The lowest BCUT2D eigenvalue weighted by Gasteiger charge is -2.21. The van der Waals surface area contributed by atoms with Crippen LogP contribution in [0, 0.1) is 11.8 Å². The number of phosphoric ester groups is 2. The van der Waals surface area contributed by atoms with Crippen LogP contribution in [0.5, 0.6) is 0 Å². The molecule has 5 atom stereocenters. The summed E-state index contributed by atoms with van der Waals surface area (Å²) in [5, 5.41) is 10.6. The molecule has 0 fully saturated rings. The van der Waals surface area contributed by atoms with E-state index in [9.17, 15) is 43.2 Å². The van der Waals surface area contributed by atoms with Crippen LogP contribution in [0.25, 0.3) is 0 Å². The second-order valence-electron chi connectivity index (χ2n) is 29.4. The molecule has 0 aromatic carbocycles. The summed E-state index contributed by atoms with van der Waals surface area (Å²) in [7, 11) is -9.91. The zero-order valence-electron chi connectivity index (χ0n) is 64.1. The highest BCUT2D eigenvalue weighted by Crippen LogP contribution is 2.45. The van der Waals surface area contributed by atoms with Gasteiger partial charge in [-0.05, 0) is 37.5 Å². The van der Waals surface area contributed by atoms with Crippen molar-refractivity contribution in [2.45, 2.75) is 432 Å². The van der Waals surface area contributed by atoms with Gasteiger partial charge in [0.15, 0.2) is 12.2 Å². The van der Waals surface area contributed by atoms with Gasteiger partial charge >= 0.3 is 39.5 Å². The SMILES string of the molecule is CCCCCCCCCCCCCCCCCCCCCCCCC(=O)O[C@H](COC(=O)CCCCCCCCCCCCCCCCCCC)COP(=O)(O)OC[C@@H](O)COP(=O)(O)OC[C@@H](COC(=O)CCCCCCCCC(C)C)OC(=O)CCCCCCCCCC(C)C. The third kappa shape index (κ3) is 72.4. The van der Waals surface area contributed by atoms with Crippen molar-refractivity contribution in [3.05, 3.63) is 0 Å². The first kappa shape index (κ1) is 96.1. The van der Waals surface area contributed by atoms with E-state index in [0.29, 0.717) is 37.5 Å². The van der Waals surface area contributed by atoms with E-state index in [-0.39, 0.29) is 25.7 Å². The van der Waals surface area contributed by atoms with E-state index in [2.05, 4.69) is 41.5 Å². The van der Waals surface area contributed by atoms with E-state index < -0.39 is 97.5 Å². The van der Waals surface area contributed by atoms with Crippen molar-refractivity contribution in [3.8, 4) is 0 Å². The van der Waals surface area contributed by atoms with Crippen molar-refractivity contribution in [3.63, 3.8) is 0 Å². The number of phosphoric acid groups is 2. The molecule has 0 aliphatic rings. The van der Waals surface area contributed by atoms with Gasteiger partial charge in [0.05, 0.1) is 26.4 Å². The van der Waals surface area contributed by atoms with Crippen molar-refractivity contribution in [2.24, 2.45) is 11.8 Å². The van der Waals surface area contributed by atoms with Gasteiger partial charge in [-0.25, -0.2) is 9.13 Å². The van der Waals surface area contributed by atoms with Crippen LogP contribution in [-0.4, -0.2) is 96.7 Å². The summed E-state index contributed by atoms with van der Waals surface area (Å²) < 4.78 is 68.5. The van der Waals surface area contributed by atoms with Gasteiger partial charge in [-0.3, -0.25) is 37.3 Å². The minimum absolute atomic E-state index is 0.103. The van der Waals surface area contributed by atoms with Crippen LogP contribution in [0.4, 0.5) is 0 Å².